The molecule has 11 heavy (non-hydrogen) atoms. The van der Waals surface area contributed by atoms with Crippen molar-refractivity contribution in [3.05, 3.63) is 42.0 Å². The van der Waals surface area contributed by atoms with Crippen LogP contribution in [0, 0.1) is 11.3 Å². The zero-order chi connectivity index (χ0) is 8.27. The summed E-state index contributed by atoms with van der Waals surface area (Å²) in [7, 11) is 0. The van der Waals surface area contributed by atoms with Crippen LogP contribution in [-0.4, -0.2) is 5.11 Å². The van der Waals surface area contributed by atoms with Crippen molar-refractivity contribution < 1.29 is 5.11 Å². The van der Waals surface area contributed by atoms with E-state index in [0.717, 1.165) is 0 Å². The molecular formula is C9H7NO. The Morgan fingerprint density at radius 3 is 2.55 bits per heavy atom. The van der Waals surface area contributed by atoms with E-state index in [9.17, 15) is 0 Å². The van der Waals surface area contributed by atoms with Gasteiger partial charge in [-0.1, -0.05) is 18.7 Å². The quantitative estimate of drug-likeness (QED) is 0.615. The second kappa shape index (κ2) is 2.89. The summed E-state index contributed by atoms with van der Waals surface area (Å²) in [5.41, 5.74) is 0.940. The second-order valence-corrected chi connectivity index (χ2v) is 2.10. The summed E-state index contributed by atoms with van der Waals surface area (Å²) < 4.78 is 0. The number of aliphatic hydroxyl groups excluding tert-OH is 1. The highest BCUT2D eigenvalue weighted by Crippen LogP contribution is 2.13. The zero-order valence-corrected chi connectivity index (χ0v) is 5.91. The number of benzene rings is 1. The van der Waals surface area contributed by atoms with Crippen molar-refractivity contribution in [3.8, 4) is 6.07 Å². The molecule has 0 amide bonds. The van der Waals surface area contributed by atoms with Gasteiger partial charge in [-0.05, 0) is 12.1 Å². The van der Waals surface area contributed by atoms with Crippen LogP contribution >= 0.6 is 0 Å². The molecule has 54 valence electrons. The lowest BCUT2D eigenvalue weighted by Crippen LogP contribution is -1.85. The van der Waals surface area contributed by atoms with E-state index in [1.54, 1.807) is 24.3 Å². The normalized spacial score (nSPS) is 8.64. The molecule has 1 aromatic carbocycles. The van der Waals surface area contributed by atoms with Crippen molar-refractivity contribution in [1.29, 1.82) is 5.26 Å². The highest BCUT2D eigenvalue weighted by atomic mass is 16.3. The molecule has 0 aromatic heterocycles. The van der Waals surface area contributed by atoms with Crippen LogP contribution in [0.15, 0.2) is 30.8 Å². The minimum atomic E-state index is -0.0675. The van der Waals surface area contributed by atoms with Gasteiger partial charge in [-0.3, -0.25) is 0 Å². The standard InChI is InChI=1S/C9H7NO/c1-7(11)9-5-3-2-4-8(9)6-10/h2-5,11H,1H2. The van der Waals surface area contributed by atoms with Gasteiger partial charge in [-0.25, -0.2) is 0 Å². The van der Waals surface area contributed by atoms with Gasteiger partial charge >= 0.3 is 0 Å². The molecule has 0 spiro atoms. The highest BCUT2D eigenvalue weighted by molar-refractivity contribution is 5.62. The van der Waals surface area contributed by atoms with E-state index in [0.29, 0.717) is 11.1 Å². The van der Waals surface area contributed by atoms with Gasteiger partial charge in [0.25, 0.3) is 0 Å². The number of nitriles is 1. The molecule has 0 fully saturated rings. The van der Waals surface area contributed by atoms with Crippen LogP contribution in [0.2, 0.25) is 0 Å². The fraction of sp³-hybridized carbons (Fsp3) is 0. The Labute approximate surface area is 65.0 Å². The lowest BCUT2D eigenvalue weighted by Gasteiger charge is -1.98. The van der Waals surface area contributed by atoms with Crippen LogP contribution in [0.25, 0.3) is 5.76 Å². The minimum Gasteiger partial charge on any atom is -0.508 e. The van der Waals surface area contributed by atoms with E-state index in [1.807, 2.05) is 6.07 Å². The summed E-state index contributed by atoms with van der Waals surface area (Å²) in [4.78, 5) is 0. The molecule has 1 N–H and O–H groups in total. The molecule has 0 unspecified atom stereocenters. The van der Waals surface area contributed by atoms with Gasteiger partial charge < -0.3 is 5.11 Å². The monoisotopic (exact) mass is 145 g/mol. The Kier molecular flexibility index (Phi) is 1.93. The van der Waals surface area contributed by atoms with Crippen LogP contribution in [-0.2, 0) is 0 Å². The number of hydrogen-bond donors (Lipinski definition) is 1. The van der Waals surface area contributed by atoms with Crippen molar-refractivity contribution in [1.82, 2.24) is 0 Å². The smallest absolute Gasteiger partial charge is 0.116 e. The molecule has 0 radical (unpaired) electrons. The summed E-state index contributed by atoms with van der Waals surface area (Å²) in [5, 5.41) is 17.6. The maximum atomic E-state index is 8.99. The van der Waals surface area contributed by atoms with Crippen molar-refractivity contribution in [3.63, 3.8) is 0 Å². The molecule has 1 aromatic rings. The van der Waals surface area contributed by atoms with Crippen molar-refractivity contribution in [2.24, 2.45) is 0 Å². The maximum Gasteiger partial charge on any atom is 0.116 e. The topological polar surface area (TPSA) is 44.0 Å². The fourth-order valence-corrected chi connectivity index (χ4v) is 0.832. The maximum absolute atomic E-state index is 8.99. The second-order valence-electron chi connectivity index (χ2n) is 2.10. The summed E-state index contributed by atoms with van der Waals surface area (Å²) >= 11 is 0. The van der Waals surface area contributed by atoms with E-state index in [-0.39, 0.29) is 5.76 Å². The van der Waals surface area contributed by atoms with Crippen molar-refractivity contribution in [2.45, 2.75) is 0 Å². The van der Waals surface area contributed by atoms with Crippen LogP contribution in [0.3, 0.4) is 0 Å². The summed E-state index contributed by atoms with van der Waals surface area (Å²) in [6.45, 7) is 3.34. The molecular weight excluding hydrogens is 138 g/mol. The van der Waals surface area contributed by atoms with Gasteiger partial charge in [0.2, 0.25) is 0 Å². The Morgan fingerprint density at radius 2 is 2.09 bits per heavy atom. The molecule has 1 rings (SSSR count). The largest absolute Gasteiger partial charge is 0.508 e. The predicted molar refractivity (Wildman–Crippen MR) is 42.8 cm³/mol. The van der Waals surface area contributed by atoms with E-state index in [2.05, 4.69) is 6.58 Å². The lowest BCUT2D eigenvalue weighted by molar-refractivity contribution is 0.513. The first-order valence-electron chi connectivity index (χ1n) is 3.13. The third-order valence-corrected chi connectivity index (χ3v) is 1.36. The summed E-state index contributed by atoms with van der Waals surface area (Å²) in [6, 6.07) is 8.73. The van der Waals surface area contributed by atoms with Crippen LogP contribution in [0.4, 0.5) is 0 Å². The molecule has 0 heterocycles. The van der Waals surface area contributed by atoms with E-state index in [4.69, 9.17) is 10.4 Å². The Hall–Kier alpha value is -1.75. The first-order chi connectivity index (χ1) is 5.25. The first-order valence-corrected chi connectivity index (χ1v) is 3.13. The molecule has 0 saturated heterocycles. The molecule has 0 saturated carbocycles. The number of rotatable bonds is 1. The first kappa shape index (κ1) is 7.36. The van der Waals surface area contributed by atoms with Gasteiger partial charge in [-0.2, -0.15) is 5.26 Å². The van der Waals surface area contributed by atoms with Crippen LogP contribution < -0.4 is 0 Å². The average molecular weight is 145 g/mol. The molecule has 2 heteroatoms. The van der Waals surface area contributed by atoms with Crippen LogP contribution in [0.1, 0.15) is 11.1 Å². The Bertz CT molecular complexity index is 323. The summed E-state index contributed by atoms with van der Waals surface area (Å²) in [5.74, 6) is -0.0675. The van der Waals surface area contributed by atoms with Crippen molar-refractivity contribution in [2.75, 3.05) is 0 Å². The third kappa shape index (κ3) is 1.39. The van der Waals surface area contributed by atoms with Gasteiger partial charge in [0.15, 0.2) is 0 Å². The van der Waals surface area contributed by atoms with Crippen molar-refractivity contribution >= 4 is 5.76 Å². The number of hydrogen-bond acceptors (Lipinski definition) is 2. The zero-order valence-electron chi connectivity index (χ0n) is 5.91. The number of aliphatic hydroxyl groups is 1. The van der Waals surface area contributed by atoms with E-state index in [1.165, 1.54) is 0 Å². The molecule has 0 bridgehead atoms. The van der Waals surface area contributed by atoms with E-state index < -0.39 is 0 Å². The minimum absolute atomic E-state index is 0.0675. The summed E-state index contributed by atoms with van der Waals surface area (Å²) in [6.07, 6.45) is 0. The molecule has 0 aliphatic heterocycles. The SMILES string of the molecule is C=C(O)c1ccccc1C#N. The molecule has 0 atom stereocenters. The molecule has 2 nitrogen and oxygen atoms in total. The highest BCUT2D eigenvalue weighted by Gasteiger charge is 2.01. The molecule has 0 aliphatic rings. The van der Waals surface area contributed by atoms with Gasteiger partial charge in [-0.15, -0.1) is 0 Å². The van der Waals surface area contributed by atoms with E-state index >= 15 is 0 Å². The Morgan fingerprint density at radius 1 is 1.45 bits per heavy atom. The Balaban J connectivity index is 3.26. The van der Waals surface area contributed by atoms with Gasteiger partial charge in [0, 0.05) is 5.56 Å². The fourth-order valence-electron chi connectivity index (χ4n) is 0.832. The lowest BCUT2D eigenvalue weighted by atomic mass is 10.1. The number of nitrogens with zero attached hydrogens (tertiary/aromatic N) is 1. The average Bonchev–Trinajstić information content (AvgIpc) is 2.04. The third-order valence-electron chi connectivity index (χ3n) is 1.36. The van der Waals surface area contributed by atoms with Crippen LogP contribution in [0.5, 0.6) is 0 Å². The molecule has 0 aliphatic carbocycles. The van der Waals surface area contributed by atoms with Gasteiger partial charge in [0.1, 0.15) is 5.76 Å². The predicted octanol–water partition coefficient (Wildman–Crippen LogP) is 2.09. The van der Waals surface area contributed by atoms with Gasteiger partial charge in [0.05, 0.1) is 11.6 Å².